The first-order valence-corrected chi connectivity index (χ1v) is 14.3. The van der Waals surface area contributed by atoms with Gasteiger partial charge in [-0.3, -0.25) is 0 Å². The zero-order valence-electron chi connectivity index (χ0n) is 17.6. The maximum atomic E-state index is 2.61. The minimum Gasteiger partial charge on any atom is -0.0686 e. The summed E-state index contributed by atoms with van der Waals surface area (Å²) in [7, 11) is -1.67. The summed E-state index contributed by atoms with van der Waals surface area (Å²) in [6.45, 7) is 5.22. The third-order valence-corrected chi connectivity index (χ3v) is 11.0. The Hall–Kier alpha value is -2.90. The van der Waals surface area contributed by atoms with E-state index in [0.717, 1.165) is 0 Å². The van der Waals surface area contributed by atoms with Gasteiger partial charge in [0, 0.05) is 11.5 Å². The Balaban J connectivity index is 1.47. The zero-order chi connectivity index (χ0) is 20.3. The molecule has 0 amide bonds. The lowest BCUT2D eigenvalue weighted by Crippen LogP contribution is -2.36. The van der Waals surface area contributed by atoms with Gasteiger partial charge in [-0.05, 0) is 50.6 Å². The van der Waals surface area contributed by atoms with Crippen LogP contribution in [-0.4, -0.2) is 8.07 Å². The summed E-state index contributed by atoms with van der Waals surface area (Å²) in [6, 6.07) is 37.6. The van der Waals surface area contributed by atoms with Gasteiger partial charge in [0.25, 0.3) is 0 Å². The van der Waals surface area contributed by atoms with E-state index in [9.17, 15) is 0 Å². The SMILES string of the molecule is C[Si](C)(CC1c2ccccc2-c2ccccc21)C1c2ccccc2-c2ccccc21. The van der Waals surface area contributed by atoms with Crippen molar-refractivity contribution in [3.05, 3.63) is 119 Å². The van der Waals surface area contributed by atoms with Crippen molar-refractivity contribution in [2.75, 3.05) is 0 Å². The monoisotopic (exact) mass is 402 g/mol. The van der Waals surface area contributed by atoms with Gasteiger partial charge in [0.15, 0.2) is 0 Å². The van der Waals surface area contributed by atoms with Crippen LogP contribution in [0.15, 0.2) is 97.1 Å². The van der Waals surface area contributed by atoms with E-state index in [1.165, 1.54) is 39.4 Å². The van der Waals surface area contributed by atoms with Crippen molar-refractivity contribution in [2.24, 2.45) is 0 Å². The largest absolute Gasteiger partial charge is 0.0686 e. The van der Waals surface area contributed by atoms with Crippen LogP contribution in [0.1, 0.15) is 33.7 Å². The highest BCUT2D eigenvalue weighted by Gasteiger charge is 2.43. The molecule has 4 aromatic rings. The average Bonchev–Trinajstić information content (AvgIpc) is 3.28. The van der Waals surface area contributed by atoms with Crippen LogP contribution in [0.4, 0.5) is 0 Å². The van der Waals surface area contributed by atoms with E-state index in [-0.39, 0.29) is 0 Å². The molecular weight excluding hydrogens is 376 g/mol. The highest BCUT2D eigenvalue weighted by atomic mass is 28.3. The van der Waals surface area contributed by atoms with Crippen molar-refractivity contribution in [1.82, 2.24) is 0 Å². The molecule has 0 atom stereocenters. The van der Waals surface area contributed by atoms with Crippen LogP contribution < -0.4 is 0 Å². The van der Waals surface area contributed by atoms with Crippen LogP contribution in [0.2, 0.25) is 19.1 Å². The van der Waals surface area contributed by atoms with Crippen molar-refractivity contribution in [1.29, 1.82) is 0 Å². The number of rotatable bonds is 3. The zero-order valence-corrected chi connectivity index (χ0v) is 18.6. The molecular formula is C29H26Si. The minimum atomic E-state index is -1.67. The number of fused-ring (bicyclic) bond motifs is 6. The topological polar surface area (TPSA) is 0 Å². The first-order chi connectivity index (χ1) is 14.6. The molecule has 0 bridgehead atoms. The molecule has 4 aromatic carbocycles. The first-order valence-electron chi connectivity index (χ1n) is 11.0. The molecule has 0 saturated carbocycles. The van der Waals surface area contributed by atoms with Crippen molar-refractivity contribution < 1.29 is 0 Å². The molecule has 0 nitrogen and oxygen atoms in total. The van der Waals surface area contributed by atoms with Crippen molar-refractivity contribution >= 4 is 8.07 Å². The molecule has 0 spiro atoms. The van der Waals surface area contributed by atoms with E-state index in [0.29, 0.717) is 11.5 Å². The van der Waals surface area contributed by atoms with Gasteiger partial charge in [-0.1, -0.05) is 110 Å². The van der Waals surface area contributed by atoms with Gasteiger partial charge >= 0.3 is 0 Å². The summed E-state index contributed by atoms with van der Waals surface area (Å²) < 4.78 is 0. The molecule has 0 fully saturated rings. The number of benzene rings is 4. The summed E-state index contributed by atoms with van der Waals surface area (Å²) in [5.41, 5.74) is 12.5. The van der Waals surface area contributed by atoms with Crippen molar-refractivity contribution in [3.8, 4) is 22.3 Å². The summed E-state index contributed by atoms with van der Waals surface area (Å²) in [6.07, 6.45) is 0. The third kappa shape index (κ3) is 2.52. The van der Waals surface area contributed by atoms with Gasteiger partial charge in [0.05, 0.1) is 8.07 Å². The van der Waals surface area contributed by atoms with Gasteiger partial charge in [-0.15, -0.1) is 0 Å². The Kier molecular flexibility index (Phi) is 3.91. The van der Waals surface area contributed by atoms with Gasteiger partial charge in [-0.2, -0.15) is 0 Å². The molecule has 0 aliphatic heterocycles. The molecule has 0 aromatic heterocycles. The smallest absolute Gasteiger partial charge is 0.0613 e. The molecule has 1 heteroatoms. The van der Waals surface area contributed by atoms with E-state index < -0.39 is 8.07 Å². The summed E-state index contributed by atoms with van der Waals surface area (Å²) in [5.74, 6) is 0.513. The fraction of sp³-hybridized carbons (Fsp3) is 0.172. The molecule has 2 aliphatic carbocycles. The van der Waals surface area contributed by atoms with E-state index in [1.807, 2.05) is 0 Å². The second kappa shape index (κ2) is 6.55. The van der Waals surface area contributed by atoms with Crippen LogP contribution >= 0.6 is 0 Å². The number of hydrogen-bond acceptors (Lipinski definition) is 0. The third-order valence-electron chi connectivity index (χ3n) is 7.31. The Morgan fingerprint density at radius 3 is 1.27 bits per heavy atom. The molecule has 6 rings (SSSR count). The Labute approximate surface area is 180 Å². The van der Waals surface area contributed by atoms with E-state index >= 15 is 0 Å². The molecule has 2 aliphatic rings. The second-order valence-corrected chi connectivity index (χ2v) is 14.5. The van der Waals surface area contributed by atoms with Crippen molar-refractivity contribution in [2.45, 2.75) is 30.6 Å². The maximum absolute atomic E-state index is 2.61. The van der Waals surface area contributed by atoms with Gasteiger partial charge in [0.1, 0.15) is 0 Å². The lowest BCUT2D eigenvalue weighted by Gasteiger charge is -2.34. The summed E-state index contributed by atoms with van der Waals surface area (Å²) in [4.78, 5) is 0. The Morgan fingerprint density at radius 2 is 0.833 bits per heavy atom. The first kappa shape index (κ1) is 17.9. The summed E-state index contributed by atoms with van der Waals surface area (Å²) in [5, 5.41) is 0. The van der Waals surface area contributed by atoms with Crippen LogP contribution in [0.3, 0.4) is 0 Å². The normalized spacial score (nSPS) is 14.9. The highest BCUT2D eigenvalue weighted by Crippen LogP contribution is 2.54. The predicted molar refractivity (Wildman–Crippen MR) is 130 cm³/mol. The summed E-state index contributed by atoms with van der Waals surface area (Å²) >= 11 is 0. The molecule has 146 valence electrons. The van der Waals surface area contributed by atoms with Crippen LogP contribution in [-0.2, 0) is 0 Å². The highest BCUT2D eigenvalue weighted by molar-refractivity contribution is 6.80. The minimum absolute atomic E-state index is 0.513. The molecule has 0 unspecified atom stereocenters. The standard InChI is InChI=1S/C29H26Si/c1-30(2,29-26-17-9-7-13-22(26)23-14-8-10-18-27(23)29)19-28-24-15-5-3-11-20(24)21-12-4-6-16-25(21)28/h3-18,28-29H,19H2,1-2H3. The maximum Gasteiger partial charge on any atom is 0.0613 e. The Morgan fingerprint density at radius 1 is 0.500 bits per heavy atom. The van der Waals surface area contributed by atoms with Gasteiger partial charge < -0.3 is 0 Å². The quantitative estimate of drug-likeness (QED) is 0.306. The van der Waals surface area contributed by atoms with Gasteiger partial charge in [0.2, 0.25) is 0 Å². The van der Waals surface area contributed by atoms with Crippen LogP contribution in [0, 0.1) is 0 Å². The average molecular weight is 403 g/mol. The fourth-order valence-corrected chi connectivity index (χ4v) is 10.0. The van der Waals surface area contributed by atoms with E-state index in [4.69, 9.17) is 0 Å². The number of hydrogen-bond donors (Lipinski definition) is 0. The van der Waals surface area contributed by atoms with E-state index in [2.05, 4.69) is 110 Å². The second-order valence-electron chi connectivity index (χ2n) is 9.53. The lowest BCUT2D eigenvalue weighted by atomic mass is 9.99. The van der Waals surface area contributed by atoms with Crippen LogP contribution in [0.5, 0.6) is 0 Å². The molecule has 0 radical (unpaired) electrons. The molecule has 0 N–H and O–H groups in total. The van der Waals surface area contributed by atoms with Crippen molar-refractivity contribution in [3.63, 3.8) is 0 Å². The fourth-order valence-electron chi connectivity index (χ4n) is 6.12. The predicted octanol–water partition coefficient (Wildman–Crippen LogP) is 7.86. The lowest BCUT2D eigenvalue weighted by molar-refractivity contribution is 0.903. The molecule has 0 heterocycles. The Bertz CT molecular complexity index is 1180. The van der Waals surface area contributed by atoms with Gasteiger partial charge in [-0.25, -0.2) is 0 Å². The van der Waals surface area contributed by atoms with Crippen LogP contribution in [0.25, 0.3) is 22.3 Å². The molecule has 0 saturated heterocycles. The van der Waals surface area contributed by atoms with E-state index in [1.54, 1.807) is 11.1 Å². The molecule has 30 heavy (non-hydrogen) atoms.